The zero-order chi connectivity index (χ0) is 14.6. The molecule has 19 heavy (non-hydrogen) atoms. The molecule has 1 rings (SSSR count). The molecule has 0 atom stereocenters. The van der Waals surface area contributed by atoms with Crippen LogP contribution < -0.4 is 5.32 Å². The van der Waals surface area contributed by atoms with E-state index in [-0.39, 0.29) is 0 Å². The summed E-state index contributed by atoms with van der Waals surface area (Å²) in [6.45, 7) is -1.24. The Labute approximate surface area is 105 Å². The first-order chi connectivity index (χ1) is 8.79. The molecule has 1 amide bonds. The van der Waals surface area contributed by atoms with E-state index in [1.54, 1.807) is 0 Å². The first-order valence-electron chi connectivity index (χ1n) is 5.19. The van der Waals surface area contributed by atoms with Gasteiger partial charge in [-0.2, -0.15) is 13.2 Å². The van der Waals surface area contributed by atoms with E-state index in [9.17, 15) is 22.4 Å². The van der Waals surface area contributed by atoms with E-state index in [1.165, 1.54) is 0 Å². The smallest absolute Gasteiger partial charge is 0.394 e. The maximum absolute atomic E-state index is 13.3. The molecule has 0 saturated carbocycles. The summed E-state index contributed by atoms with van der Waals surface area (Å²) in [5.74, 6) is -2.27. The highest BCUT2D eigenvalue weighted by Gasteiger charge is 2.32. The minimum absolute atomic E-state index is 0.372. The molecule has 4 nitrogen and oxygen atoms in total. The summed E-state index contributed by atoms with van der Waals surface area (Å²) in [4.78, 5) is 11.5. The average Bonchev–Trinajstić information content (AvgIpc) is 2.34. The van der Waals surface area contributed by atoms with Gasteiger partial charge in [-0.25, -0.2) is 4.39 Å². The highest BCUT2D eigenvalue weighted by Crippen LogP contribution is 2.30. The van der Waals surface area contributed by atoms with Gasteiger partial charge in [0.1, 0.15) is 5.82 Å². The van der Waals surface area contributed by atoms with Gasteiger partial charge in [-0.3, -0.25) is 4.79 Å². The van der Waals surface area contributed by atoms with Crippen LogP contribution >= 0.6 is 0 Å². The summed E-state index contributed by atoms with van der Waals surface area (Å²) in [6, 6.07) is 0.351. The summed E-state index contributed by atoms with van der Waals surface area (Å²) < 4.78 is 50.6. The lowest BCUT2D eigenvalue weighted by Crippen LogP contribution is -2.40. The molecular formula is C11H11F4NO3. The third-order valence-electron chi connectivity index (χ3n) is 2.31. The zero-order valence-electron chi connectivity index (χ0n) is 9.54. The van der Waals surface area contributed by atoms with Gasteiger partial charge in [0, 0.05) is 0 Å². The van der Waals surface area contributed by atoms with Crippen LogP contribution in [0, 0.1) is 5.82 Å². The topological polar surface area (TPSA) is 69.6 Å². The molecule has 0 saturated heterocycles. The molecule has 0 aromatic heterocycles. The Morgan fingerprint density at radius 2 is 1.84 bits per heavy atom. The molecule has 0 aliphatic rings. The van der Waals surface area contributed by atoms with Crippen molar-refractivity contribution in [2.45, 2.75) is 12.2 Å². The molecule has 0 fully saturated rings. The molecule has 106 valence electrons. The SMILES string of the molecule is O=C(NC(CO)CO)c1cc(C(F)(F)F)ccc1F. The average molecular weight is 281 g/mol. The highest BCUT2D eigenvalue weighted by atomic mass is 19.4. The molecule has 1 aromatic carbocycles. The Bertz CT molecular complexity index is 458. The van der Waals surface area contributed by atoms with Crippen LogP contribution in [0.3, 0.4) is 0 Å². The van der Waals surface area contributed by atoms with Crippen LogP contribution in [0.2, 0.25) is 0 Å². The second-order valence-electron chi connectivity index (χ2n) is 3.73. The number of amides is 1. The van der Waals surface area contributed by atoms with Crippen LogP contribution in [0.5, 0.6) is 0 Å². The van der Waals surface area contributed by atoms with Crippen molar-refractivity contribution in [3.63, 3.8) is 0 Å². The van der Waals surface area contributed by atoms with Gasteiger partial charge < -0.3 is 15.5 Å². The molecule has 1 aromatic rings. The molecule has 0 radical (unpaired) electrons. The Hall–Kier alpha value is -1.67. The first-order valence-corrected chi connectivity index (χ1v) is 5.19. The fourth-order valence-corrected chi connectivity index (χ4v) is 1.29. The van der Waals surface area contributed by atoms with E-state index >= 15 is 0 Å². The number of halogens is 4. The number of benzene rings is 1. The summed E-state index contributed by atoms with van der Waals surface area (Å²) in [7, 11) is 0. The van der Waals surface area contributed by atoms with Crippen molar-refractivity contribution in [2.24, 2.45) is 0 Å². The first kappa shape index (κ1) is 15.4. The fraction of sp³-hybridized carbons (Fsp3) is 0.364. The third-order valence-corrected chi connectivity index (χ3v) is 2.31. The lowest BCUT2D eigenvalue weighted by Gasteiger charge is -2.14. The van der Waals surface area contributed by atoms with Crippen LogP contribution in [-0.4, -0.2) is 35.4 Å². The van der Waals surface area contributed by atoms with E-state index in [0.29, 0.717) is 18.2 Å². The Morgan fingerprint density at radius 3 is 2.32 bits per heavy atom. The maximum atomic E-state index is 13.3. The lowest BCUT2D eigenvalue weighted by atomic mass is 10.1. The van der Waals surface area contributed by atoms with Crippen molar-refractivity contribution in [2.75, 3.05) is 13.2 Å². The Morgan fingerprint density at radius 1 is 1.26 bits per heavy atom. The summed E-state index contributed by atoms with van der Waals surface area (Å²) in [5.41, 5.74) is -1.97. The van der Waals surface area contributed by atoms with Gasteiger partial charge in [-0.1, -0.05) is 0 Å². The molecule has 0 aliphatic heterocycles. The van der Waals surface area contributed by atoms with Gasteiger partial charge in [-0.05, 0) is 18.2 Å². The van der Waals surface area contributed by atoms with Crippen molar-refractivity contribution in [1.29, 1.82) is 0 Å². The van der Waals surface area contributed by atoms with E-state index in [0.717, 1.165) is 0 Å². The van der Waals surface area contributed by atoms with Crippen LogP contribution in [0.25, 0.3) is 0 Å². The minimum atomic E-state index is -4.70. The fourth-order valence-electron chi connectivity index (χ4n) is 1.29. The number of hydrogen-bond acceptors (Lipinski definition) is 3. The van der Waals surface area contributed by atoms with E-state index < -0.39 is 48.3 Å². The number of rotatable bonds is 4. The number of nitrogens with one attached hydrogen (secondary N) is 1. The predicted molar refractivity (Wildman–Crippen MR) is 56.8 cm³/mol. The van der Waals surface area contributed by atoms with Crippen molar-refractivity contribution >= 4 is 5.91 Å². The highest BCUT2D eigenvalue weighted by molar-refractivity contribution is 5.94. The van der Waals surface area contributed by atoms with E-state index in [2.05, 4.69) is 0 Å². The molecule has 3 N–H and O–H groups in total. The standard InChI is InChI=1S/C11H11F4NO3/c12-9-2-1-6(11(13,14)15)3-8(9)10(19)16-7(4-17)5-18/h1-3,7,17-18H,4-5H2,(H,16,19). The number of carbonyl (C=O) groups is 1. The number of carbonyl (C=O) groups excluding carboxylic acids is 1. The molecule has 8 heteroatoms. The third kappa shape index (κ3) is 3.90. The quantitative estimate of drug-likeness (QED) is 0.719. The van der Waals surface area contributed by atoms with Crippen molar-refractivity contribution in [3.05, 3.63) is 35.1 Å². The summed E-state index contributed by atoms with van der Waals surface area (Å²) in [5, 5.41) is 19.5. The minimum Gasteiger partial charge on any atom is -0.394 e. The van der Waals surface area contributed by atoms with Gasteiger partial charge >= 0.3 is 6.18 Å². The predicted octanol–water partition coefficient (Wildman–Crippen LogP) is 0.927. The molecule has 0 aliphatic carbocycles. The van der Waals surface area contributed by atoms with Gasteiger partial charge in [0.2, 0.25) is 0 Å². The molecule has 0 spiro atoms. The van der Waals surface area contributed by atoms with Crippen LogP contribution in [0.15, 0.2) is 18.2 Å². The van der Waals surface area contributed by atoms with E-state index in [1.807, 2.05) is 5.32 Å². The molecule has 0 bridgehead atoms. The largest absolute Gasteiger partial charge is 0.416 e. The van der Waals surface area contributed by atoms with Gasteiger partial charge in [0.05, 0.1) is 30.4 Å². The Kier molecular flexibility index (Phi) is 4.84. The molecular weight excluding hydrogens is 270 g/mol. The number of hydrogen-bond donors (Lipinski definition) is 3. The second-order valence-corrected chi connectivity index (χ2v) is 3.73. The number of aliphatic hydroxyl groups is 2. The van der Waals surface area contributed by atoms with Crippen molar-refractivity contribution < 1.29 is 32.6 Å². The Balaban J connectivity index is 3.02. The molecule has 0 heterocycles. The second kappa shape index (κ2) is 5.98. The maximum Gasteiger partial charge on any atom is 0.416 e. The monoisotopic (exact) mass is 281 g/mol. The van der Waals surface area contributed by atoms with Gasteiger partial charge in [0.15, 0.2) is 0 Å². The number of alkyl halides is 3. The van der Waals surface area contributed by atoms with Crippen LogP contribution in [-0.2, 0) is 6.18 Å². The summed E-state index contributed by atoms with van der Waals surface area (Å²) in [6.07, 6.45) is -4.70. The zero-order valence-corrected chi connectivity index (χ0v) is 9.54. The van der Waals surface area contributed by atoms with E-state index in [4.69, 9.17) is 10.2 Å². The van der Waals surface area contributed by atoms with Crippen molar-refractivity contribution in [3.8, 4) is 0 Å². The van der Waals surface area contributed by atoms with Gasteiger partial charge in [-0.15, -0.1) is 0 Å². The molecule has 0 unspecified atom stereocenters. The van der Waals surface area contributed by atoms with Crippen molar-refractivity contribution in [1.82, 2.24) is 5.32 Å². The van der Waals surface area contributed by atoms with Crippen LogP contribution in [0.4, 0.5) is 17.6 Å². The van der Waals surface area contributed by atoms with Crippen LogP contribution in [0.1, 0.15) is 15.9 Å². The normalized spacial score (nSPS) is 11.7. The summed E-state index contributed by atoms with van der Waals surface area (Å²) >= 11 is 0. The lowest BCUT2D eigenvalue weighted by molar-refractivity contribution is -0.137. The number of aliphatic hydroxyl groups excluding tert-OH is 2. The van der Waals surface area contributed by atoms with Gasteiger partial charge in [0.25, 0.3) is 5.91 Å².